The maximum atomic E-state index is 3.43. The number of benzene rings is 1. The molecule has 98 valence electrons. The molecule has 0 saturated carbocycles. The molecule has 2 heterocycles. The minimum atomic E-state index is 0.694. The summed E-state index contributed by atoms with van der Waals surface area (Å²) in [6, 6.07) is 8.94. The van der Waals surface area contributed by atoms with Crippen LogP contribution in [0.4, 0.5) is 5.69 Å². The Bertz CT molecular complexity index is 398. The van der Waals surface area contributed by atoms with Crippen molar-refractivity contribution in [1.82, 2.24) is 10.2 Å². The van der Waals surface area contributed by atoms with Crippen molar-refractivity contribution >= 4 is 5.69 Å². The van der Waals surface area contributed by atoms with Gasteiger partial charge in [-0.25, -0.2) is 0 Å². The zero-order valence-electron chi connectivity index (χ0n) is 11.2. The van der Waals surface area contributed by atoms with Crippen LogP contribution in [0.15, 0.2) is 24.3 Å². The molecule has 2 aliphatic rings. The van der Waals surface area contributed by atoms with Gasteiger partial charge < -0.3 is 15.1 Å². The summed E-state index contributed by atoms with van der Waals surface area (Å²) in [6.45, 7) is 10.5. The first-order valence-electron chi connectivity index (χ1n) is 7.15. The predicted molar refractivity (Wildman–Crippen MR) is 76.4 cm³/mol. The lowest BCUT2D eigenvalue weighted by Gasteiger charge is -2.29. The van der Waals surface area contributed by atoms with E-state index in [0.29, 0.717) is 5.92 Å². The number of nitrogens with one attached hydrogen (secondary N) is 1. The summed E-state index contributed by atoms with van der Waals surface area (Å²) in [6.07, 6.45) is 0. The van der Waals surface area contributed by atoms with Crippen LogP contribution in [0.2, 0.25) is 0 Å². The van der Waals surface area contributed by atoms with E-state index in [-0.39, 0.29) is 0 Å². The fourth-order valence-corrected chi connectivity index (χ4v) is 3.24. The SMILES string of the molecule is CCN1CC(CN2CCNCC2)c2ccccc21. The summed E-state index contributed by atoms with van der Waals surface area (Å²) in [5, 5.41) is 3.43. The third-order valence-corrected chi connectivity index (χ3v) is 4.23. The fourth-order valence-electron chi connectivity index (χ4n) is 3.24. The molecular weight excluding hydrogens is 222 g/mol. The number of rotatable bonds is 3. The van der Waals surface area contributed by atoms with Gasteiger partial charge in [-0.3, -0.25) is 0 Å². The Labute approximate surface area is 110 Å². The summed E-state index contributed by atoms with van der Waals surface area (Å²) in [7, 11) is 0. The van der Waals surface area contributed by atoms with Crippen molar-refractivity contribution in [2.45, 2.75) is 12.8 Å². The highest BCUT2D eigenvalue weighted by atomic mass is 15.2. The van der Waals surface area contributed by atoms with E-state index in [1.165, 1.54) is 31.9 Å². The van der Waals surface area contributed by atoms with Gasteiger partial charge in [-0.2, -0.15) is 0 Å². The first-order chi connectivity index (χ1) is 8.88. The highest BCUT2D eigenvalue weighted by Crippen LogP contribution is 2.36. The van der Waals surface area contributed by atoms with Crippen LogP contribution in [0.1, 0.15) is 18.4 Å². The number of anilines is 1. The third-order valence-electron chi connectivity index (χ3n) is 4.23. The molecule has 3 rings (SSSR count). The van der Waals surface area contributed by atoms with Gasteiger partial charge in [0.25, 0.3) is 0 Å². The van der Waals surface area contributed by atoms with Gasteiger partial charge in [0.1, 0.15) is 0 Å². The van der Waals surface area contributed by atoms with Gasteiger partial charge in [0.15, 0.2) is 0 Å². The van der Waals surface area contributed by atoms with Crippen LogP contribution in [-0.2, 0) is 0 Å². The van der Waals surface area contributed by atoms with E-state index in [0.717, 1.165) is 19.6 Å². The van der Waals surface area contributed by atoms with Crippen LogP contribution < -0.4 is 10.2 Å². The minimum absolute atomic E-state index is 0.694. The fraction of sp³-hybridized carbons (Fsp3) is 0.600. The van der Waals surface area contributed by atoms with Crippen molar-refractivity contribution in [2.24, 2.45) is 0 Å². The average Bonchev–Trinajstić information content (AvgIpc) is 2.78. The third kappa shape index (κ3) is 2.25. The van der Waals surface area contributed by atoms with Crippen LogP contribution in [-0.4, -0.2) is 50.7 Å². The number of likely N-dealkylation sites (N-methyl/N-ethyl adjacent to an activating group) is 1. The lowest BCUT2D eigenvalue weighted by molar-refractivity contribution is 0.229. The molecule has 1 atom stereocenters. The normalized spacial score (nSPS) is 24.3. The lowest BCUT2D eigenvalue weighted by atomic mass is 10.0. The standard InChI is InChI=1S/C15H23N3/c1-2-18-12-13(11-17-9-7-16-8-10-17)14-5-3-4-6-15(14)18/h3-6,13,16H,2,7-12H2,1H3. The summed E-state index contributed by atoms with van der Waals surface area (Å²) in [4.78, 5) is 5.12. The number of nitrogens with zero attached hydrogens (tertiary/aromatic N) is 2. The Kier molecular flexibility index (Phi) is 3.52. The van der Waals surface area contributed by atoms with E-state index in [4.69, 9.17) is 0 Å². The van der Waals surface area contributed by atoms with Crippen LogP contribution in [0.5, 0.6) is 0 Å². The number of hydrogen-bond donors (Lipinski definition) is 1. The quantitative estimate of drug-likeness (QED) is 0.871. The smallest absolute Gasteiger partial charge is 0.0402 e. The molecule has 1 fully saturated rings. The minimum Gasteiger partial charge on any atom is -0.371 e. The van der Waals surface area contributed by atoms with Gasteiger partial charge in [0, 0.05) is 57.4 Å². The molecule has 0 aromatic heterocycles. The van der Waals surface area contributed by atoms with E-state index < -0.39 is 0 Å². The summed E-state index contributed by atoms with van der Waals surface area (Å²) in [5.74, 6) is 0.694. The van der Waals surface area contributed by atoms with Gasteiger partial charge in [0.05, 0.1) is 0 Å². The average molecular weight is 245 g/mol. The largest absolute Gasteiger partial charge is 0.371 e. The highest BCUT2D eigenvalue weighted by molar-refractivity contribution is 5.60. The number of para-hydroxylation sites is 1. The zero-order chi connectivity index (χ0) is 12.4. The van der Waals surface area contributed by atoms with Gasteiger partial charge in [0.2, 0.25) is 0 Å². The number of piperazine rings is 1. The first kappa shape index (κ1) is 12.0. The lowest BCUT2D eigenvalue weighted by Crippen LogP contribution is -2.45. The second-order valence-corrected chi connectivity index (χ2v) is 5.34. The first-order valence-corrected chi connectivity index (χ1v) is 7.15. The van der Waals surface area contributed by atoms with E-state index in [1.807, 2.05) is 0 Å². The van der Waals surface area contributed by atoms with Crippen LogP contribution in [0, 0.1) is 0 Å². The second kappa shape index (κ2) is 5.29. The molecule has 1 aromatic rings. The van der Waals surface area contributed by atoms with Crippen molar-refractivity contribution in [1.29, 1.82) is 0 Å². The molecule has 18 heavy (non-hydrogen) atoms. The number of fused-ring (bicyclic) bond motifs is 1. The Morgan fingerprint density at radius 2 is 2.00 bits per heavy atom. The molecule has 0 bridgehead atoms. The molecule has 0 radical (unpaired) electrons. The van der Waals surface area contributed by atoms with E-state index in [9.17, 15) is 0 Å². The van der Waals surface area contributed by atoms with E-state index in [1.54, 1.807) is 5.56 Å². The highest BCUT2D eigenvalue weighted by Gasteiger charge is 2.28. The molecule has 0 amide bonds. The maximum Gasteiger partial charge on any atom is 0.0402 e. The topological polar surface area (TPSA) is 18.5 Å². The summed E-state index contributed by atoms with van der Waals surface area (Å²) >= 11 is 0. The Hall–Kier alpha value is -1.06. The molecule has 0 aliphatic carbocycles. The Balaban J connectivity index is 1.73. The predicted octanol–water partition coefficient (Wildman–Crippen LogP) is 1.52. The molecule has 3 nitrogen and oxygen atoms in total. The van der Waals surface area contributed by atoms with Crippen LogP contribution in [0.3, 0.4) is 0 Å². The number of hydrogen-bond acceptors (Lipinski definition) is 3. The van der Waals surface area contributed by atoms with E-state index in [2.05, 4.69) is 46.3 Å². The van der Waals surface area contributed by atoms with Crippen molar-refractivity contribution in [2.75, 3.05) is 50.7 Å². The molecule has 3 heteroatoms. The van der Waals surface area contributed by atoms with Gasteiger partial charge in [-0.05, 0) is 18.6 Å². The molecule has 1 saturated heterocycles. The molecule has 1 aromatic carbocycles. The summed E-state index contributed by atoms with van der Waals surface area (Å²) < 4.78 is 0. The second-order valence-electron chi connectivity index (χ2n) is 5.34. The maximum absolute atomic E-state index is 3.43. The van der Waals surface area contributed by atoms with Crippen molar-refractivity contribution < 1.29 is 0 Å². The van der Waals surface area contributed by atoms with Gasteiger partial charge >= 0.3 is 0 Å². The molecule has 2 aliphatic heterocycles. The Morgan fingerprint density at radius 3 is 2.78 bits per heavy atom. The van der Waals surface area contributed by atoms with E-state index >= 15 is 0 Å². The molecular formula is C15H23N3. The van der Waals surface area contributed by atoms with Crippen molar-refractivity contribution in [3.05, 3.63) is 29.8 Å². The summed E-state index contributed by atoms with van der Waals surface area (Å²) in [5.41, 5.74) is 3.01. The van der Waals surface area contributed by atoms with Gasteiger partial charge in [-0.1, -0.05) is 18.2 Å². The molecule has 1 N–H and O–H groups in total. The van der Waals surface area contributed by atoms with Crippen molar-refractivity contribution in [3.63, 3.8) is 0 Å². The molecule has 1 unspecified atom stereocenters. The van der Waals surface area contributed by atoms with Crippen molar-refractivity contribution in [3.8, 4) is 0 Å². The van der Waals surface area contributed by atoms with Crippen LogP contribution in [0.25, 0.3) is 0 Å². The van der Waals surface area contributed by atoms with Crippen LogP contribution >= 0.6 is 0 Å². The Morgan fingerprint density at radius 1 is 1.22 bits per heavy atom. The molecule has 0 spiro atoms. The zero-order valence-corrected chi connectivity index (χ0v) is 11.2. The van der Waals surface area contributed by atoms with Gasteiger partial charge in [-0.15, -0.1) is 0 Å². The monoisotopic (exact) mass is 245 g/mol.